The van der Waals surface area contributed by atoms with Gasteiger partial charge in [0.2, 0.25) is 5.91 Å². The Hall–Kier alpha value is -2.24. The van der Waals surface area contributed by atoms with Crippen molar-refractivity contribution < 1.29 is 14.3 Å². The highest BCUT2D eigenvalue weighted by Crippen LogP contribution is 2.31. The maximum Gasteiger partial charge on any atom is 0.241 e. The fourth-order valence-electron chi connectivity index (χ4n) is 2.60. The molecule has 0 saturated carbocycles. The van der Waals surface area contributed by atoms with E-state index in [0.717, 1.165) is 11.1 Å². The van der Waals surface area contributed by atoms with Gasteiger partial charge in [0, 0.05) is 6.54 Å². The van der Waals surface area contributed by atoms with Crippen LogP contribution in [0.25, 0.3) is 0 Å². The Bertz CT molecular complexity index is 780. The van der Waals surface area contributed by atoms with Crippen LogP contribution in [-0.4, -0.2) is 38.1 Å². The summed E-state index contributed by atoms with van der Waals surface area (Å²) in [5, 5.41) is 3.39. The highest BCUT2D eigenvalue weighted by molar-refractivity contribution is 6.33. The molecule has 140 valence electrons. The van der Waals surface area contributed by atoms with E-state index >= 15 is 0 Å². The molecule has 0 aliphatic rings. The molecule has 5 nitrogen and oxygen atoms in total. The quantitative estimate of drug-likeness (QED) is 0.789. The number of hydrogen-bond donors (Lipinski definition) is 1. The molecule has 0 fully saturated rings. The minimum Gasteiger partial charge on any atom is -0.493 e. The minimum absolute atomic E-state index is 0.112. The van der Waals surface area contributed by atoms with Gasteiger partial charge in [-0.1, -0.05) is 23.7 Å². The molecular weight excluding hydrogens is 352 g/mol. The molecule has 0 radical (unpaired) electrons. The Balaban J connectivity index is 2.10. The number of halogens is 1. The number of para-hydroxylation sites is 1. The number of hydrogen-bond acceptors (Lipinski definition) is 4. The third-order valence-electron chi connectivity index (χ3n) is 4.43. The number of carbonyl (C=O) groups is 1. The molecule has 26 heavy (non-hydrogen) atoms. The zero-order valence-electron chi connectivity index (χ0n) is 15.8. The van der Waals surface area contributed by atoms with E-state index in [1.165, 1.54) is 0 Å². The van der Waals surface area contributed by atoms with Gasteiger partial charge in [0.15, 0.2) is 11.5 Å². The monoisotopic (exact) mass is 376 g/mol. The van der Waals surface area contributed by atoms with Crippen molar-refractivity contribution in [3.63, 3.8) is 0 Å². The number of aryl methyl sites for hydroxylation is 1. The lowest BCUT2D eigenvalue weighted by atomic mass is 10.1. The highest BCUT2D eigenvalue weighted by Gasteiger charge is 2.20. The van der Waals surface area contributed by atoms with Crippen LogP contribution < -0.4 is 14.8 Å². The van der Waals surface area contributed by atoms with Crippen molar-refractivity contribution in [1.82, 2.24) is 4.90 Å². The van der Waals surface area contributed by atoms with Gasteiger partial charge in [-0.25, -0.2) is 0 Å². The topological polar surface area (TPSA) is 50.8 Å². The number of ether oxygens (including phenoxy) is 2. The molecule has 6 heteroatoms. The normalized spacial score (nSPS) is 12.0. The van der Waals surface area contributed by atoms with Crippen LogP contribution in [0.1, 0.15) is 18.1 Å². The van der Waals surface area contributed by atoms with Gasteiger partial charge in [-0.2, -0.15) is 0 Å². The fraction of sp³-hybridized carbons (Fsp3) is 0.350. The van der Waals surface area contributed by atoms with E-state index < -0.39 is 0 Å². The van der Waals surface area contributed by atoms with Gasteiger partial charge in [-0.15, -0.1) is 0 Å². The first kappa shape index (κ1) is 20.1. The Morgan fingerprint density at radius 1 is 1.19 bits per heavy atom. The minimum atomic E-state index is -0.334. The van der Waals surface area contributed by atoms with E-state index in [-0.39, 0.29) is 11.9 Å². The van der Waals surface area contributed by atoms with E-state index in [0.29, 0.717) is 28.8 Å². The maximum atomic E-state index is 12.5. The van der Waals surface area contributed by atoms with Crippen molar-refractivity contribution in [3.05, 3.63) is 52.5 Å². The second-order valence-corrected chi connectivity index (χ2v) is 6.60. The molecule has 0 unspecified atom stereocenters. The molecule has 0 bridgehead atoms. The number of nitrogens with zero attached hydrogens (tertiary/aromatic N) is 1. The SMILES string of the molecule is COc1cc(C)c(CN(C)[C@@H](C)C(=O)Nc2ccccc2Cl)cc1OC. The van der Waals surface area contributed by atoms with Crippen LogP contribution in [0.4, 0.5) is 5.69 Å². The van der Waals surface area contributed by atoms with Crippen molar-refractivity contribution in [2.24, 2.45) is 0 Å². The first-order valence-corrected chi connectivity index (χ1v) is 8.72. The van der Waals surface area contributed by atoms with Crippen LogP contribution in [0.5, 0.6) is 11.5 Å². The summed E-state index contributed by atoms with van der Waals surface area (Å²) in [6.07, 6.45) is 0. The standard InChI is InChI=1S/C20H25ClN2O3/c1-13-10-18(25-4)19(26-5)11-15(13)12-23(3)14(2)20(24)22-17-9-7-6-8-16(17)21/h6-11,14H,12H2,1-5H3,(H,22,24)/t14-/m0/s1. The highest BCUT2D eigenvalue weighted by atomic mass is 35.5. The molecule has 2 aromatic carbocycles. The Labute approximate surface area is 159 Å². The third-order valence-corrected chi connectivity index (χ3v) is 4.76. The molecule has 0 aliphatic carbocycles. The van der Waals surface area contributed by atoms with Crippen molar-refractivity contribution in [2.75, 3.05) is 26.6 Å². The van der Waals surface area contributed by atoms with E-state index in [4.69, 9.17) is 21.1 Å². The largest absolute Gasteiger partial charge is 0.493 e. The van der Waals surface area contributed by atoms with Gasteiger partial charge >= 0.3 is 0 Å². The van der Waals surface area contributed by atoms with Gasteiger partial charge in [0.05, 0.1) is 31.0 Å². The molecule has 0 spiro atoms. The number of anilines is 1. The lowest BCUT2D eigenvalue weighted by molar-refractivity contribution is -0.120. The van der Waals surface area contributed by atoms with Crippen LogP contribution >= 0.6 is 11.6 Å². The second kappa shape index (κ2) is 8.92. The van der Waals surface area contributed by atoms with Gasteiger partial charge in [-0.3, -0.25) is 9.69 Å². The molecular formula is C20H25ClN2O3. The number of amides is 1. The van der Waals surface area contributed by atoms with Crippen LogP contribution in [0.15, 0.2) is 36.4 Å². The van der Waals surface area contributed by atoms with E-state index in [1.807, 2.05) is 50.1 Å². The molecule has 0 aromatic heterocycles. The fourth-order valence-corrected chi connectivity index (χ4v) is 2.78. The predicted molar refractivity (Wildman–Crippen MR) is 105 cm³/mol. The van der Waals surface area contributed by atoms with Crippen LogP contribution in [0.2, 0.25) is 5.02 Å². The van der Waals surface area contributed by atoms with Crippen molar-refractivity contribution in [1.29, 1.82) is 0 Å². The summed E-state index contributed by atoms with van der Waals surface area (Å²) < 4.78 is 10.7. The first-order valence-electron chi connectivity index (χ1n) is 8.34. The number of benzene rings is 2. The predicted octanol–water partition coefficient (Wildman–Crippen LogP) is 4.12. The summed E-state index contributed by atoms with van der Waals surface area (Å²) in [6, 6.07) is 10.7. The Kier molecular flexibility index (Phi) is 6.89. The van der Waals surface area contributed by atoms with Crippen molar-refractivity contribution in [3.8, 4) is 11.5 Å². The van der Waals surface area contributed by atoms with E-state index in [9.17, 15) is 4.79 Å². The molecule has 2 aromatic rings. The second-order valence-electron chi connectivity index (χ2n) is 6.19. The van der Waals surface area contributed by atoms with E-state index in [1.54, 1.807) is 26.4 Å². The molecule has 1 N–H and O–H groups in total. The molecule has 1 amide bonds. The number of nitrogens with one attached hydrogen (secondary N) is 1. The summed E-state index contributed by atoms with van der Waals surface area (Å²) in [5.41, 5.74) is 2.76. The third kappa shape index (κ3) is 4.68. The molecule has 2 rings (SSSR count). The van der Waals surface area contributed by atoms with Gasteiger partial charge in [-0.05, 0) is 56.3 Å². The van der Waals surface area contributed by atoms with Crippen molar-refractivity contribution >= 4 is 23.2 Å². The van der Waals surface area contributed by atoms with Gasteiger partial charge in [0.25, 0.3) is 0 Å². The summed E-state index contributed by atoms with van der Waals surface area (Å²) in [4.78, 5) is 14.5. The smallest absolute Gasteiger partial charge is 0.241 e. The van der Waals surface area contributed by atoms with Crippen LogP contribution in [-0.2, 0) is 11.3 Å². The first-order chi connectivity index (χ1) is 12.4. The van der Waals surface area contributed by atoms with Gasteiger partial charge in [0.1, 0.15) is 0 Å². The molecule has 0 saturated heterocycles. The zero-order chi connectivity index (χ0) is 19.3. The zero-order valence-corrected chi connectivity index (χ0v) is 16.6. The van der Waals surface area contributed by atoms with Crippen molar-refractivity contribution in [2.45, 2.75) is 26.4 Å². The molecule has 0 heterocycles. The van der Waals surface area contributed by atoms with Crippen LogP contribution in [0.3, 0.4) is 0 Å². The summed E-state index contributed by atoms with van der Waals surface area (Å²) in [5.74, 6) is 1.26. The number of rotatable bonds is 7. The lowest BCUT2D eigenvalue weighted by Gasteiger charge is -2.25. The number of methoxy groups -OCH3 is 2. The molecule has 1 atom stereocenters. The number of likely N-dealkylation sites (N-methyl/N-ethyl adjacent to an activating group) is 1. The maximum absolute atomic E-state index is 12.5. The summed E-state index contributed by atoms with van der Waals surface area (Å²) in [6.45, 7) is 4.48. The average Bonchev–Trinajstić information content (AvgIpc) is 2.63. The van der Waals surface area contributed by atoms with E-state index in [2.05, 4.69) is 5.32 Å². The van der Waals surface area contributed by atoms with Gasteiger partial charge < -0.3 is 14.8 Å². The Morgan fingerprint density at radius 3 is 2.42 bits per heavy atom. The molecule has 0 aliphatic heterocycles. The Morgan fingerprint density at radius 2 is 1.81 bits per heavy atom. The van der Waals surface area contributed by atoms with Crippen LogP contribution in [0, 0.1) is 6.92 Å². The summed E-state index contributed by atoms with van der Waals surface area (Å²) in [7, 11) is 5.14. The number of carbonyl (C=O) groups excluding carboxylic acids is 1. The lowest BCUT2D eigenvalue weighted by Crippen LogP contribution is -2.39. The average molecular weight is 377 g/mol. The summed E-state index contributed by atoms with van der Waals surface area (Å²) >= 11 is 6.11.